The molecule has 0 saturated carbocycles. The largest absolute Gasteiger partial charge is 0.156 e. The number of hydrogen-bond donors (Lipinski definition) is 0. The van der Waals surface area contributed by atoms with E-state index >= 15 is 0 Å². The first-order valence-electron chi connectivity index (χ1n) is 6.69. The molecule has 103 valence electrons. The van der Waals surface area contributed by atoms with Crippen molar-refractivity contribution in [2.45, 2.75) is 0 Å². The lowest BCUT2D eigenvalue weighted by Crippen LogP contribution is -2.52. The Hall–Kier alpha value is -1.54. The topological polar surface area (TPSA) is 0 Å². The van der Waals surface area contributed by atoms with Crippen LogP contribution in [0.15, 0.2) is 78.9 Å². The molecule has 0 N–H and O–H groups in total. The smallest absolute Gasteiger partial charge is 0.0828 e. The van der Waals surface area contributed by atoms with E-state index in [2.05, 4.69) is 54.6 Å². The monoisotopic (exact) mass is 327 g/mol. The summed E-state index contributed by atoms with van der Waals surface area (Å²) in [5, 5.41) is 5.02. The number of benzene rings is 3. The lowest BCUT2D eigenvalue weighted by molar-refractivity contribution is 1.71. The van der Waals surface area contributed by atoms with Gasteiger partial charge in [0.1, 0.15) is 0 Å². The maximum Gasteiger partial charge on any atom is 0.156 e. The Kier molecular flexibility index (Phi) is 4.44. The van der Waals surface area contributed by atoms with Crippen LogP contribution in [0.1, 0.15) is 0 Å². The molecule has 0 spiro atoms. The molecule has 0 aromatic heterocycles. The lowest BCUT2D eigenvalue weighted by Gasteiger charge is -2.18. The van der Waals surface area contributed by atoms with Gasteiger partial charge < -0.3 is 0 Å². The second-order valence-electron chi connectivity index (χ2n) is 4.71. The average molecular weight is 328 g/mol. The van der Waals surface area contributed by atoms with Gasteiger partial charge in [-0.2, -0.15) is 0 Å². The summed E-state index contributed by atoms with van der Waals surface area (Å²) in [4.78, 5) is 0. The average Bonchev–Trinajstić information content (AvgIpc) is 2.54. The molecule has 21 heavy (non-hydrogen) atoms. The molecule has 3 heteroatoms. The van der Waals surface area contributed by atoms with Crippen molar-refractivity contribution in [3.63, 3.8) is 0 Å². The summed E-state index contributed by atoms with van der Waals surface area (Å²) in [6.45, 7) is 0. The van der Waals surface area contributed by atoms with Crippen molar-refractivity contribution >= 4 is 47.6 Å². The number of halogens is 2. The first-order chi connectivity index (χ1) is 10.3. The highest BCUT2D eigenvalue weighted by atomic mass is 35.5. The second kappa shape index (κ2) is 6.48. The van der Waals surface area contributed by atoms with Crippen molar-refractivity contribution in [2.24, 2.45) is 0 Å². The van der Waals surface area contributed by atoms with Gasteiger partial charge in [0, 0.05) is 0 Å². The zero-order chi connectivity index (χ0) is 14.7. The Balaban J connectivity index is 2.20. The van der Waals surface area contributed by atoms with Crippen LogP contribution in [0.4, 0.5) is 0 Å². The van der Waals surface area contributed by atoms with Gasteiger partial charge >= 0.3 is 0 Å². The standard InChI is InChI=1S/C18H13Cl2Si/c19-16-12-7-13-17(18(16)20)21(14-8-3-1-4-9-14)15-10-5-2-6-11-15/h1-13H. The number of hydrogen-bond acceptors (Lipinski definition) is 0. The summed E-state index contributed by atoms with van der Waals surface area (Å²) in [7, 11) is -1.15. The van der Waals surface area contributed by atoms with Gasteiger partial charge in [0.15, 0.2) is 8.80 Å². The molecule has 0 nitrogen and oxygen atoms in total. The highest BCUT2D eigenvalue weighted by Crippen LogP contribution is 2.19. The molecule has 0 amide bonds. The van der Waals surface area contributed by atoms with Gasteiger partial charge in [0.2, 0.25) is 0 Å². The Morgan fingerprint density at radius 2 is 1.10 bits per heavy atom. The van der Waals surface area contributed by atoms with Crippen molar-refractivity contribution in [1.82, 2.24) is 0 Å². The van der Waals surface area contributed by atoms with E-state index in [1.807, 2.05) is 24.3 Å². The molecule has 0 atom stereocenters. The van der Waals surface area contributed by atoms with Crippen molar-refractivity contribution in [2.75, 3.05) is 0 Å². The van der Waals surface area contributed by atoms with Gasteiger partial charge in [-0.3, -0.25) is 0 Å². The first-order valence-corrected chi connectivity index (χ1v) is 8.95. The molecular weight excluding hydrogens is 315 g/mol. The van der Waals surface area contributed by atoms with E-state index in [4.69, 9.17) is 23.2 Å². The molecule has 3 aromatic rings. The van der Waals surface area contributed by atoms with Crippen LogP contribution in [-0.4, -0.2) is 8.80 Å². The minimum Gasteiger partial charge on any atom is -0.0828 e. The summed E-state index contributed by atoms with van der Waals surface area (Å²) < 4.78 is 0. The molecule has 0 aliphatic rings. The maximum atomic E-state index is 6.48. The Morgan fingerprint density at radius 3 is 1.62 bits per heavy atom. The highest BCUT2D eigenvalue weighted by Gasteiger charge is 2.22. The predicted octanol–water partition coefficient (Wildman–Crippen LogP) is 3.51. The maximum absolute atomic E-state index is 6.48. The predicted molar refractivity (Wildman–Crippen MR) is 94.0 cm³/mol. The summed E-state index contributed by atoms with van der Waals surface area (Å²) >= 11 is 12.7. The molecule has 0 aliphatic heterocycles. The fraction of sp³-hybridized carbons (Fsp3) is 0. The van der Waals surface area contributed by atoms with Crippen LogP contribution in [0.2, 0.25) is 10.0 Å². The third-order valence-corrected chi connectivity index (χ3v) is 7.10. The molecule has 0 fully saturated rings. The Labute approximate surface area is 136 Å². The SMILES string of the molecule is Clc1cccc([Si](c2ccccc2)c2ccccc2)c1Cl. The minimum absolute atomic E-state index is 0.614. The zero-order valence-corrected chi connectivity index (χ0v) is 13.8. The molecule has 0 saturated heterocycles. The van der Waals surface area contributed by atoms with E-state index in [9.17, 15) is 0 Å². The summed E-state index contributed by atoms with van der Waals surface area (Å²) in [5.41, 5.74) is 0. The van der Waals surface area contributed by atoms with E-state index in [0.717, 1.165) is 5.19 Å². The van der Waals surface area contributed by atoms with Crippen molar-refractivity contribution in [3.8, 4) is 0 Å². The van der Waals surface area contributed by atoms with E-state index in [-0.39, 0.29) is 0 Å². The fourth-order valence-corrected chi connectivity index (χ4v) is 5.67. The molecule has 0 bridgehead atoms. The Morgan fingerprint density at radius 1 is 0.571 bits per heavy atom. The summed E-state index contributed by atoms with van der Waals surface area (Å²) in [6.07, 6.45) is 0. The van der Waals surface area contributed by atoms with E-state index in [1.54, 1.807) is 0 Å². The molecule has 3 aromatic carbocycles. The highest BCUT2D eigenvalue weighted by molar-refractivity contribution is 6.96. The van der Waals surface area contributed by atoms with Gasteiger partial charge in [-0.1, -0.05) is 106 Å². The van der Waals surface area contributed by atoms with Crippen LogP contribution >= 0.6 is 23.2 Å². The molecule has 0 unspecified atom stereocenters. The second-order valence-corrected chi connectivity index (χ2v) is 7.94. The van der Waals surface area contributed by atoms with Gasteiger partial charge in [-0.25, -0.2) is 0 Å². The van der Waals surface area contributed by atoms with Gasteiger partial charge in [0.25, 0.3) is 0 Å². The van der Waals surface area contributed by atoms with Crippen LogP contribution in [0, 0.1) is 0 Å². The first kappa shape index (κ1) is 14.4. The van der Waals surface area contributed by atoms with Gasteiger partial charge in [-0.05, 0) is 11.3 Å². The van der Waals surface area contributed by atoms with Gasteiger partial charge in [0.05, 0.1) is 10.0 Å². The van der Waals surface area contributed by atoms with Gasteiger partial charge in [-0.15, -0.1) is 0 Å². The summed E-state index contributed by atoms with van der Waals surface area (Å²) in [5.74, 6) is 0. The fourth-order valence-electron chi connectivity index (χ4n) is 2.38. The van der Waals surface area contributed by atoms with Crippen LogP contribution in [0.3, 0.4) is 0 Å². The van der Waals surface area contributed by atoms with Crippen LogP contribution in [0.25, 0.3) is 0 Å². The molecular formula is C18H13Cl2Si. The van der Waals surface area contributed by atoms with Crippen molar-refractivity contribution in [1.29, 1.82) is 0 Å². The van der Waals surface area contributed by atoms with E-state index < -0.39 is 8.80 Å². The van der Waals surface area contributed by atoms with Crippen LogP contribution < -0.4 is 15.6 Å². The van der Waals surface area contributed by atoms with Crippen molar-refractivity contribution in [3.05, 3.63) is 88.9 Å². The minimum atomic E-state index is -1.15. The third kappa shape index (κ3) is 3.05. The number of rotatable bonds is 3. The third-order valence-electron chi connectivity index (χ3n) is 3.35. The Bertz CT molecular complexity index is 687. The quantitative estimate of drug-likeness (QED) is 0.510. The molecule has 3 rings (SSSR count). The van der Waals surface area contributed by atoms with Crippen LogP contribution in [0.5, 0.6) is 0 Å². The lowest BCUT2D eigenvalue weighted by atomic mass is 10.3. The van der Waals surface area contributed by atoms with E-state index in [0.29, 0.717) is 10.0 Å². The van der Waals surface area contributed by atoms with Crippen molar-refractivity contribution < 1.29 is 0 Å². The molecule has 0 aliphatic carbocycles. The van der Waals surface area contributed by atoms with Crippen LogP contribution in [-0.2, 0) is 0 Å². The zero-order valence-electron chi connectivity index (χ0n) is 11.3. The normalized spacial score (nSPS) is 10.8. The molecule has 1 radical (unpaired) electrons. The summed E-state index contributed by atoms with van der Waals surface area (Å²) in [6, 6.07) is 26.9. The molecule has 0 heterocycles. The van der Waals surface area contributed by atoms with E-state index in [1.165, 1.54) is 10.4 Å².